The summed E-state index contributed by atoms with van der Waals surface area (Å²) in [6, 6.07) is 7.80. The summed E-state index contributed by atoms with van der Waals surface area (Å²) in [5.74, 6) is 1.41. The van der Waals surface area contributed by atoms with Crippen molar-refractivity contribution >= 4 is 11.6 Å². The Hall–Kier alpha value is -1.51. The number of anilines is 1. The van der Waals surface area contributed by atoms with Crippen LogP contribution in [0, 0.1) is 11.8 Å². The molecule has 3 nitrogen and oxygen atoms in total. The summed E-state index contributed by atoms with van der Waals surface area (Å²) >= 11 is 0. The quantitative estimate of drug-likeness (QED) is 0.764. The number of nitrogens with two attached hydrogens (primary N) is 1. The Morgan fingerprint density at radius 2 is 2.19 bits per heavy atom. The molecular formula is C13H16N2O. The maximum absolute atomic E-state index is 11.9. The maximum atomic E-state index is 11.9. The number of fused-ring (bicyclic) bond motifs is 2. The molecule has 0 aromatic heterocycles. The predicted molar refractivity (Wildman–Crippen MR) is 62.5 cm³/mol. The fraction of sp³-hybridized carbons (Fsp3) is 0.462. The molecular weight excluding hydrogens is 200 g/mol. The van der Waals surface area contributed by atoms with Gasteiger partial charge in [-0.15, -0.1) is 0 Å². The van der Waals surface area contributed by atoms with E-state index >= 15 is 0 Å². The van der Waals surface area contributed by atoms with Gasteiger partial charge in [0.25, 0.3) is 0 Å². The summed E-state index contributed by atoms with van der Waals surface area (Å²) in [4.78, 5) is 13.9. The molecule has 2 aliphatic heterocycles. The van der Waals surface area contributed by atoms with Gasteiger partial charge in [-0.2, -0.15) is 0 Å². The zero-order chi connectivity index (χ0) is 11.1. The second-order valence-corrected chi connectivity index (χ2v) is 5.00. The summed E-state index contributed by atoms with van der Waals surface area (Å²) in [6.45, 7) is 1.65. The number of hydrogen-bond acceptors (Lipinski definition) is 2. The minimum absolute atomic E-state index is 0.319. The fourth-order valence-electron chi connectivity index (χ4n) is 2.80. The molecule has 1 saturated carbocycles. The molecule has 1 amide bonds. The maximum Gasteiger partial charge on any atom is 0.226 e. The zero-order valence-electron chi connectivity index (χ0n) is 9.23. The van der Waals surface area contributed by atoms with Crippen LogP contribution in [-0.4, -0.2) is 17.4 Å². The van der Waals surface area contributed by atoms with E-state index in [1.54, 1.807) is 0 Å². The van der Waals surface area contributed by atoms with Crippen LogP contribution in [0.15, 0.2) is 24.3 Å². The topological polar surface area (TPSA) is 46.3 Å². The van der Waals surface area contributed by atoms with Crippen LogP contribution in [0.5, 0.6) is 0 Å². The average molecular weight is 216 g/mol. The Balaban J connectivity index is 1.73. The SMILES string of the molecule is Nc1cccc(CN2CC3CC(C3)C2=O)c1. The first-order chi connectivity index (χ1) is 7.72. The van der Waals surface area contributed by atoms with E-state index in [2.05, 4.69) is 0 Å². The molecule has 16 heavy (non-hydrogen) atoms. The van der Waals surface area contributed by atoms with Crippen molar-refractivity contribution in [3.8, 4) is 0 Å². The normalized spacial score (nSPS) is 27.8. The molecule has 3 heteroatoms. The van der Waals surface area contributed by atoms with Crippen LogP contribution in [0.1, 0.15) is 18.4 Å². The highest BCUT2D eigenvalue weighted by Gasteiger charge is 2.43. The van der Waals surface area contributed by atoms with Crippen LogP contribution >= 0.6 is 0 Å². The Kier molecular flexibility index (Phi) is 2.13. The van der Waals surface area contributed by atoms with Gasteiger partial charge in [0.15, 0.2) is 0 Å². The first kappa shape index (κ1) is 9.70. The van der Waals surface area contributed by atoms with E-state index in [-0.39, 0.29) is 0 Å². The molecule has 0 spiro atoms. The molecule has 0 atom stereocenters. The molecule has 1 aromatic rings. The molecule has 3 aliphatic rings. The van der Waals surface area contributed by atoms with E-state index in [9.17, 15) is 4.79 Å². The molecule has 84 valence electrons. The van der Waals surface area contributed by atoms with Crippen LogP contribution in [0.2, 0.25) is 0 Å². The standard InChI is InChI=1S/C13H16N2O/c14-12-3-1-2-9(6-12)7-15-8-10-4-11(5-10)13(15)16/h1-3,6,10-11H,4-5,7-8,14H2. The molecule has 2 heterocycles. The third-order valence-electron chi connectivity index (χ3n) is 3.70. The van der Waals surface area contributed by atoms with Gasteiger partial charge in [-0.3, -0.25) is 4.79 Å². The molecule has 2 N–H and O–H groups in total. The smallest absolute Gasteiger partial charge is 0.226 e. The van der Waals surface area contributed by atoms with Gasteiger partial charge in [-0.1, -0.05) is 12.1 Å². The van der Waals surface area contributed by atoms with Gasteiger partial charge < -0.3 is 10.6 Å². The van der Waals surface area contributed by atoms with Crippen LogP contribution in [0.3, 0.4) is 0 Å². The van der Waals surface area contributed by atoms with Gasteiger partial charge in [-0.25, -0.2) is 0 Å². The number of piperidine rings is 2. The third kappa shape index (κ3) is 1.56. The number of carbonyl (C=O) groups is 1. The first-order valence-electron chi connectivity index (χ1n) is 5.85. The number of benzene rings is 1. The first-order valence-corrected chi connectivity index (χ1v) is 5.85. The van der Waals surface area contributed by atoms with Crippen molar-refractivity contribution in [2.45, 2.75) is 19.4 Å². The van der Waals surface area contributed by atoms with E-state index in [0.29, 0.717) is 11.8 Å². The molecule has 1 aliphatic carbocycles. The van der Waals surface area contributed by atoms with Gasteiger partial charge in [-0.05, 0) is 36.5 Å². The Morgan fingerprint density at radius 3 is 2.88 bits per heavy atom. The summed E-state index contributed by atoms with van der Waals surface area (Å²) in [5, 5.41) is 0. The van der Waals surface area contributed by atoms with Crippen molar-refractivity contribution in [2.24, 2.45) is 11.8 Å². The largest absolute Gasteiger partial charge is 0.399 e. The number of rotatable bonds is 2. The molecule has 0 radical (unpaired) electrons. The number of amides is 1. The number of nitrogen functional groups attached to an aromatic ring is 1. The number of nitrogens with zero attached hydrogens (tertiary/aromatic N) is 1. The van der Waals surface area contributed by atoms with Crippen LogP contribution in [-0.2, 0) is 11.3 Å². The zero-order valence-corrected chi connectivity index (χ0v) is 9.23. The number of carbonyl (C=O) groups excluding carboxylic acids is 1. The Morgan fingerprint density at radius 1 is 1.38 bits per heavy atom. The minimum Gasteiger partial charge on any atom is -0.399 e. The lowest BCUT2D eigenvalue weighted by atomic mass is 9.70. The lowest BCUT2D eigenvalue weighted by Gasteiger charge is -2.46. The highest BCUT2D eigenvalue weighted by atomic mass is 16.2. The van der Waals surface area contributed by atoms with Gasteiger partial charge in [0.2, 0.25) is 5.91 Å². The second-order valence-electron chi connectivity index (χ2n) is 5.00. The van der Waals surface area contributed by atoms with Gasteiger partial charge in [0.05, 0.1) is 0 Å². The molecule has 1 aromatic carbocycles. The van der Waals surface area contributed by atoms with Crippen molar-refractivity contribution in [2.75, 3.05) is 12.3 Å². The second kappa shape index (κ2) is 3.51. The van der Waals surface area contributed by atoms with E-state index in [1.807, 2.05) is 29.2 Å². The minimum atomic E-state index is 0.319. The fourth-order valence-corrected chi connectivity index (χ4v) is 2.80. The predicted octanol–water partition coefficient (Wildman–Crippen LogP) is 1.64. The van der Waals surface area contributed by atoms with Crippen molar-refractivity contribution in [1.29, 1.82) is 0 Å². The van der Waals surface area contributed by atoms with Gasteiger partial charge in [0.1, 0.15) is 0 Å². The Bertz CT molecular complexity index is 424. The third-order valence-corrected chi connectivity index (χ3v) is 3.70. The summed E-state index contributed by atoms with van der Waals surface area (Å²) in [7, 11) is 0. The molecule has 2 saturated heterocycles. The van der Waals surface area contributed by atoms with E-state index < -0.39 is 0 Å². The van der Waals surface area contributed by atoms with E-state index in [4.69, 9.17) is 5.73 Å². The summed E-state index contributed by atoms with van der Waals surface area (Å²) < 4.78 is 0. The molecule has 2 bridgehead atoms. The Labute approximate surface area is 95.2 Å². The van der Waals surface area contributed by atoms with Crippen molar-refractivity contribution < 1.29 is 4.79 Å². The summed E-state index contributed by atoms with van der Waals surface area (Å²) in [5.41, 5.74) is 7.64. The highest BCUT2D eigenvalue weighted by molar-refractivity contribution is 5.81. The average Bonchev–Trinajstić information content (AvgIpc) is 2.19. The summed E-state index contributed by atoms with van der Waals surface area (Å²) in [6.07, 6.45) is 2.23. The molecule has 4 rings (SSSR count). The van der Waals surface area contributed by atoms with Crippen molar-refractivity contribution in [3.63, 3.8) is 0 Å². The molecule has 0 unspecified atom stereocenters. The van der Waals surface area contributed by atoms with Crippen LogP contribution < -0.4 is 5.73 Å². The van der Waals surface area contributed by atoms with Crippen LogP contribution in [0.25, 0.3) is 0 Å². The molecule has 3 fully saturated rings. The van der Waals surface area contributed by atoms with Crippen molar-refractivity contribution in [3.05, 3.63) is 29.8 Å². The monoisotopic (exact) mass is 216 g/mol. The van der Waals surface area contributed by atoms with Crippen LogP contribution in [0.4, 0.5) is 5.69 Å². The van der Waals surface area contributed by atoms with Gasteiger partial charge in [0, 0.05) is 24.7 Å². The van der Waals surface area contributed by atoms with Gasteiger partial charge >= 0.3 is 0 Å². The highest BCUT2D eigenvalue weighted by Crippen LogP contribution is 2.40. The van der Waals surface area contributed by atoms with E-state index in [1.165, 1.54) is 0 Å². The van der Waals surface area contributed by atoms with E-state index in [0.717, 1.165) is 43.1 Å². The lowest BCUT2D eigenvalue weighted by molar-refractivity contribution is -0.149. The lowest BCUT2D eigenvalue weighted by Crippen LogP contribution is -2.52. The number of hydrogen-bond donors (Lipinski definition) is 1. The van der Waals surface area contributed by atoms with Crippen molar-refractivity contribution in [1.82, 2.24) is 4.90 Å².